The molecule has 2 aliphatic heterocycles. The maximum atomic E-state index is 14.1. The normalized spacial score (nSPS) is 23.9. The zero-order valence-corrected chi connectivity index (χ0v) is 18.9. The van der Waals surface area contributed by atoms with Crippen molar-refractivity contribution < 1.29 is 19.1 Å². The minimum Gasteiger partial charge on any atom is -0.497 e. The summed E-state index contributed by atoms with van der Waals surface area (Å²) < 4.78 is 10.6. The average Bonchev–Trinajstić information content (AvgIpc) is 3.33. The fourth-order valence-corrected chi connectivity index (χ4v) is 5.48. The van der Waals surface area contributed by atoms with E-state index in [-0.39, 0.29) is 17.6 Å². The molecule has 0 radical (unpaired) electrons. The van der Waals surface area contributed by atoms with E-state index in [9.17, 15) is 9.59 Å². The first kappa shape index (κ1) is 21.2. The van der Waals surface area contributed by atoms with Crippen LogP contribution in [0.1, 0.15) is 27.4 Å². The number of ketones is 1. The monoisotopic (exact) mass is 442 g/mol. The Kier molecular flexibility index (Phi) is 5.17. The number of carbonyl (C=O) groups excluding carboxylic acids is 2. The number of likely N-dealkylation sites (N-methyl/N-ethyl adjacent to an activating group) is 1. The van der Waals surface area contributed by atoms with Gasteiger partial charge in [0.2, 0.25) is 5.91 Å². The molecule has 6 heteroatoms. The third-order valence-corrected chi connectivity index (χ3v) is 7.06. The Balaban J connectivity index is 1.68. The molecule has 2 heterocycles. The molecule has 0 aromatic heterocycles. The predicted octanol–water partition coefficient (Wildman–Crippen LogP) is 4.08. The third-order valence-electron chi connectivity index (χ3n) is 7.06. The number of anilines is 1. The Morgan fingerprint density at radius 2 is 1.55 bits per heavy atom. The molecule has 1 N–H and O–H groups in total. The number of Topliss-reactive ketones (excluding diaryl/α,β-unsaturated/α-hetero) is 1. The summed E-state index contributed by atoms with van der Waals surface area (Å²) in [6, 6.07) is 22.6. The van der Waals surface area contributed by atoms with Crippen LogP contribution in [-0.4, -0.2) is 44.4 Å². The largest absolute Gasteiger partial charge is 0.497 e. The Morgan fingerprint density at radius 1 is 0.939 bits per heavy atom. The van der Waals surface area contributed by atoms with Gasteiger partial charge in [0.05, 0.1) is 20.1 Å². The Morgan fingerprint density at radius 3 is 2.18 bits per heavy atom. The minimum atomic E-state index is -1.09. The van der Waals surface area contributed by atoms with Crippen LogP contribution in [0, 0.1) is 5.92 Å². The molecule has 1 spiro atoms. The summed E-state index contributed by atoms with van der Waals surface area (Å²) in [6.45, 7) is 0.570. The highest BCUT2D eigenvalue weighted by Gasteiger charge is 2.64. The lowest BCUT2D eigenvalue weighted by Crippen LogP contribution is -2.51. The first-order chi connectivity index (χ1) is 16.0. The number of rotatable bonds is 5. The van der Waals surface area contributed by atoms with Gasteiger partial charge in [-0.1, -0.05) is 30.3 Å². The van der Waals surface area contributed by atoms with Crippen LogP contribution in [0.5, 0.6) is 11.5 Å². The fraction of sp³-hybridized carbons (Fsp3) is 0.259. The van der Waals surface area contributed by atoms with Crippen LogP contribution >= 0.6 is 0 Å². The van der Waals surface area contributed by atoms with Gasteiger partial charge in [-0.05, 0) is 55.1 Å². The number of carbonyl (C=O) groups is 2. The van der Waals surface area contributed by atoms with Gasteiger partial charge >= 0.3 is 0 Å². The number of nitrogens with one attached hydrogen (secondary N) is 1. The van der Waals surface area contributed by atoms with E-state index in [1.165, 1.54) is 0 Å². The SMILES string of the molecule is COc1ccc(C(=O)C2C(c3ccc(OC)cc3)CN(C)C23C(=O)Nc2ccccc23)cc1. The number of amides is 1. The molecular weight excluding hydrogens is 416 g/mol. The number of methoxy groups -OCH3 is 2. The summed E-state index contributed by atoms with van der Waals surface area (Å²) in [5, 5.41) is 3.03. The first-order valence-electron chi connectivity index (χ1n) is 10.9. The van der Waals surface area contributed by atoms with Crippen LogP contribution in [0.2, 0.25) is 0 Å². The number of fused-ring (bicyclic) bond motifs is 2. The van der Waals surface area contributed by atoms with Crippen molar-refractivity contribution in [1.82, 2.24) is 4.90 Å². The van der Waals surface area contributed by atoms with Gasteiger partial charge in [-0.25, -0.2) is 0 Å². The van der Waals surface area contributed by atoms with Crippen LogP contribution in [0.25, 0.3) is 0 Å². The summed E-state index contributed by atoms with van der Waals surface area (Å²) in [5.74, 6) is 0.436. The van der Waals surface area contributed by atoms with Crippen LogP contribution in [0.15, 0.2) is 72.8 Å². The highest BCUT2D eigenvalue weighted by Crippen LogP contribution is 2.55. The number of hydrogen-bond donors (Lipinski definition) is 1. The molecule has 3 atom stereocenters. The summed E-state index contributed by atoms with van der Waals surface area (Å²) >= 11 is 0. The van der Waals surface area contributed by atoms with Crippen molar-refractivity contribution in [1.29, 1.82) is 0 Å². The molecule has 2 aliphatic rings. The second kappa shape index (κ2) is 8.05. The Bertz CT molecular complexity index is 1210. The molecule has 1 fully saturated rings. The van der Waals surface area contributed by atoms with E-state index >= 15 is 0 Å². The van der Waals surface area contributed by atoms with Crippen molar-refractivity contribution >= 4 is 17.4 Å². The highest BCUT2D eigenvalue weighted by molar-refractivity contribution is 6.12. The van der Waals surface area contributed by atoms with Crippen molar-refractivity contribution in [2.24, 2.45) is 5.92 Å². The second-order valence-electron chi connectivity index (χ2n) is 8.60. The molecule has 3 unspecified atom stereocenters. The molecule has 1 amide bonds. The number of ether oxygens (including phenoxy) is 2. The van der Waals surface area contributed by atoms with Crippen molar-refractivity contribution in [2.75, 3.05) is 33.1 Å². The zero-order valence-electron chi connectivity index (χ0n) is 18.9. The van der Waals surface area contributed by atoms with E-state index in [1.807, 2.05) is 60.5 Å². The lowest BCUT2D eigenvalue weighted by molar-refractivity contribution is -0.126. The van der Waals surface area contributed by atoms with Gasteiger partial charge < -0.3 is 14.8 Å². The van der Waals surface area contributed by atoms with Gasteiger partial charge in [-0.3, -0.25) is 14.5 Å². The quantitative estimate of drug-likeness (QED) is 0.603. The van der Waals surface area contributed by atoms with Crippen molar-refractivity contribution in [3.05, 3.63) is 89.5 Å². The van der Waals surface area contributed by atoms with Gasteiger partial charge in [0.25, 0.3) is 0 Å². The van der Waals surface area contributed by atoms with Gasteiger partial charge in [0, 0.05) is 29.3 Å². The number of likely N-dealkylation sites (tertiary alicyclic amines) is 1. The van der Waals surface area contributed by atoms with Crippen LogP contribution in [-0.2, 0) is 10.3 Å². The second-order valence-corrected chi connectivity index (χ2v) is 8.60. The molecule has 0 saturated carbocycles. The van der Waals surface area contributed by atoms with Crippen molar-refractivity contribution in [3.8, 4) is 11.5 Å². The first-order valence-corrected chi connectivity index (χ1v) is 10.9. The zero-order chi connectivity index (χ0) is 23.2. The van der Waals surface area contributed by atoms with Crippen LogP contribution in [0.3, 0.4) is 0 Å². The molecule has 5 rings (SSSR count). The third kappa shape index (κ3) is 3.13. The van der Waals surface area contributed by atoms with Gasteiger partial charge in [0.1, 0.15) is 17.0 Å². The molecule has 1 saturated heterocycles. The lowest BCUT2D eigenvalue weighted by atomic mass is 9.70. The number of hydrogen-bond acceptors (Lipinski definition) is 5. The van der Waals surface area contributed by atoms with Gasteiger partial charge in [0.15, 0.2) is 5.78 Å². The Labute approximate surface area is 193 Å². The molecule has 3 aromatic rings. The molecule has 0 aliphatic carbocycles. The van der Waals surface area contributed by atoms with E-state index in [4.69, 9.17) is 9.47 Å². The van der Waals surface area contributed by atoms with Gasteiger partial charge in [-0.2, -0.15) is 0 Å². The van der Waals surface area contributed by atoms with E-state index in [2.05, 4.69) is 5.32 Å². The van der Waals surface area contributed by atoms with Crippen molar-refractivity contribution in [3.63, 3.8) is 0 Å². The topological polar surface area (TPSA) is 67.9 Å². The number of nitrogens with zero attached hydrogens (tertiary/aromatic N) is 1. The number of para-hydroxylation sites is 1. The smallest absolute Gasteiger partial charge is 0.250 e. The minimum absolute atomic E-state index is 0.0605. The number of benzene rings is 3. The van der Waals surface area contributed by atoms with E-state index in [0.29, 0.717) is 17.9 Å². The van der Waals surface area contributed by atoms with E-state index in [1.54, 1.807) is 38.5 Å². The van der Waals surface area contributed by atoms with E-state index in [0.717, 1.165) is 22.6 Å². The summed E-state index contributed by atoms with van der Waals surface area (Å²) in [7, 11) is 5.15. The molecular formula is C27H26N2O4. The summed E-state index contributed by atoms with van der Waals surface area (Å²) in [5.41, 5.74) is 2.09. The average molecular weight is 443 g/mol. The molecule has 6 nitrogen and oxygen atoms in total. The molecule has 0 bridgehead atoms. The van der Waals surface area contributed by atoms with Crippen LogP contribution < -0.4 is 14.8 Å². The summed E-state index contributed by atoms with van der Waals surface area (Å²) in [6.07, 6.45) is 0. The maximum absolute atomic E-state index is 14.1. The van der Waals surface area contributed by atoms with Gasteiger partial charge in [-0.15, -0.1) is 0 Å². The molecule has 3 aromatic carbocycles. The fourth-order valence-electron chi connectivity index (χ4n) is 5.48. The molecule has 33 heavy (non-hydrogen) atoms. The maximum Gasteiger partial charge on any atom is 0.250 e. The van der Waals surface area contributed by atoms with Crippen LogP contribution in [0.4, 0.5) is 5.69 Å². The predicted molar refractivity (Wildman–Crippen MR) is 126 cm³/mol. The summed E-state index contributed by atoms with van der Waals surface area (Å²) in [4.78, 5) is 29.8. The highest BCUT2D eigenvalue weighted by atomic mass is 16.5. The molecule has 168 valence electrons. The standard InChI is InChI=1S/C27H26N2O4/c1-29-16-21(17-8-12-19(32-2)13-9-17)24(25(30)18-10-14-20(33-3)15-11-18)27(29)22-6-4-5-7-23(22)28-26(27)31/h4-15,21,24H,16H2,1-3H3,(H,28,31). The lowest BCUT2D eigenvalue weighted by Gasteiger charge is -2.35. The van der Waals surface area contributed by atoms with Crippen molar-refractivity contribution in [2.45, 2.75) is 11.5 Å². The Hall–Kier alpha value is -3.64. The van der Waals surface area contributed by atoms with E-state index < -0.39 is 11.5 Å².